The van der Waals surface area contributed by atoms with E-state index in [2.05, 4.69) is 49.2 Å². The van der Waals surface area contributed by atoms with Gasteiger partial charge in [-0.25, -0.2) is 0 Å². The van der Waals surface area contributed by atoms with Gasteiger partial charge in [0.1, 0.15) is 0 Å². The Morgan fingerprint density at radius 3 is 2.68 bits per heavy atom. The van der Waals surface area contributed by atoms with E-state index >= 15 is 0 Å². The summed E-state index contributed by atoms with van der Waals surface area (Å²) in [6.07, 6.45) is 10.9. The Morgan fingerprint density at radius 1 is 1.26 bits per heavy atom. The van der Waals surface area contributed by atoms with Crippen molar-refractivity contribution in [2.45, 2.75) is 51.6 Å². The van der Waals surface area contributed by atoms with Crippen molar-refractivity contribution >= 4 is 5.57 Å². The summed E-state index contributed by atoms with van der Waals surface area (Å²) in [5, 5.41) is 3.72. The van der Waals surface area contributed by atoms with Crippen LogP contribution in [0.4, 0.5) is 0 Å². The van der Waals surface area contributed by atoms with Crippen LogP contribution >= 0.6 is 0 Å². The molecule has 0 atom stereocenters. The summed E-state index contributed by atoms with van der Waals surface area (Å²) in [6.45, 7) is 6.95. The van der Waals surface area contributed by atoms with Crippen LogP contribution in [0.15, 0.2) is 43.0 Å². The monoisotopic (exact) mass is 255 g/mol. The zero-order chi connectivity index (χ0) is 13.5. The second kappa shape index (κ2) is 7.30. The second-order valence-corrected chi connectivity index (χ2v) is 5.32. The fourth-order valence-corrected chi connectivity index (χ4v) is 2.90. The maximum Gasteiger partial charge on any atom is 0.0214 e. The highest BCUT2D eigenvalue weighted by Gasteiger charge is 2.13. The number of hydrogen-bond acceptors (Lipinski definition) is 1. The van der Waals surface area contributed by atoms with Crippen LogP contribution in [0.5, 0.6) is 0 Å². The van der Waals surface area contributed by atoms with E-state index in [1.165, 1.54) is 48.8 Å². The normalized spacial score (nSPS) is 17.4. The van der Waals surface area contributed by atoms with Gasteiger partial charge in [-0.2, -0.15) is 0 Å². The summed E-state index contributed by atoms with van der Waals surface area (Å²) in [5.41, 5.74) is 3.91. The highest BCUT2D eigenvalue weighted by atomic mass is 14.9. The molecule has 1 aromatic carbocycles. The number of hydrogen-bond donors (Lipinski definition) is 1. The number of benzene rings is 1. The molecule has 0 saturated heterocycles. The molecule has 1 nitrogen and oxygen atoms in total. The third kappa shape index (κ3) is 3.81. The molecule has 0 unspecified atom stereocenters. The van der Waals surface area contributed by atoms with Crippen LogP contribution in [0.1, 0.15) is 50.2 Å². The lowest BCUT2D eigenvalue weighted by Crippen LogP contribution is -2.30. The lowest BCUT2D eigenvalue weighted by Gasteiger charge is -2.23. The van der Waals surface area contributed by atoms with Crippen LogP contribution in [0, 0.1) is 0 Å². The largest absolute Gasteiger partial charge is 0.310 e. The van der Waals surface area contributed by atoms with Gasteiger partial charge in [0.2, 0.25) is 0 Å². The Bertz CT molecular complexity index is 439. The summed E-state index contributed by atoms with van der Waals surface area (Å²) in [6, 6.07) is 9.34. The molecule has 1 heteroatoms. The molecule has 1 N–H and O–H groups in total. The molecule has 2 rings (SSSR count). The third-order valence-corrected chi connectivity index (χ3v) is 4.05. The standard InChI is InChI=1S/C18H25N/c1-3-15(4-2)18-13-9-8-10-16(18)14-19-17-11-6-5-7-12-17/h3-4,8-10,13,17,19H,1,5-7,11-12,14H2,2H3/b15-4+. The number of allylic oxidation sites excluding steroid dienone is 3. The van der Waals surface area contributed by atoms with Crippen LogP contribution in [-0.4, -0.2) is 6.04 Å². The van der Waals surface area contributed by atoms with E-state index in [-0.39, 0.29) is 0 Å². The topological polar surface area (TPSA) is 12.0 Å². The van der Waals surface area contributed by atoms with Crippen LogP contribution in [0.3, 0.4) is 0 Å². The minimum atomic E-state index is 0.708. The van der Waals surface area contributed by atoms with Gasteiger partial charge < -0.3 is 5.32 Å². The molecule has 0 bridgehead atoms. The van der Waals surface area contributed by atoms with E-state index in [9.17, 15) is 0 Å². The molecule has 0 heterocycles. The fraction of sp³-hybridized carbons (Fsp3) is 0.444. The second-order valence-electron chi connectivity index (χ2n) is 5.32. The van der Waals surface area contributed by atoms with E-state index in [4.69, 9.17) is 0 Å². The minimum Gasteiger partial charge on any atom is -0.310 e. The Labute approximate surface area is 117 Å². The zero-order valence-electron chi connectivity index (χ0n) is 12.0. The van der Waals surface area contributed by atoms with Gasteiger partial charge in [-0.1, -0.05) is 62.3 Å². The van der Waals surface area contributed by atoms with Gasteiger partial charge >= 0.3 is 0 Å². The molecule has 0 aliphatic heterocycles. The molecule has 1 aliphatic carbocycles. The summed E-state index contributed by atoms with van der Waals surface area (Å²) in [4.78, 5) is 0. The minimum absolute atomic E-state index is 0.708. The lowest BCUT2D eigenvalue weighted by molar-refractivity contribution is 0.372. The van der Waals surface area contributed by atoms with Crippen molar-refractivity contribution in [3.8, 4) is 0 Å². The van der Waals surface area contributed by atoms with E-state index in [0.29, 0.717) is 6.04 Å². The highest BCUT2D eigenvalue weighted by Crippen LogP contribution is 2.22. The Hall–Kier alpha value is -1.34. The van der Waals surface area contributed by atoms with E-state index in [1.54, 1.807) is 0 Å². The zero-order valence-corrected chi connectivity index (χ0v) is 12.0. The molecule has 0 spiro atoms. The third-order valence-electron chi connectivity index (χ3n) is 4.05. The van der Waals surface area contributed by atoms with Crippen LogP contribution in [-0.2, 0) is 6.54 Å². The van der Waals surface area contributed by atoms with Gasteiger partial charge in [0, 0.05) is 12.6 Å². The maximum absolute atomic E-state index is 3.91. The van der Waals surface area contributed by atoms with Gasteiger partial charge in [0.15, 0.2) is 0 Å². The smallest absolute Gasteiger partial charge is 0.0214 e. The number of nitrogens with one attached hydrogen (secondary N) is 1. The van der Waals surface area contributed by atoms with Crippen molar-refractivity contribution in [2.24, 2.45) is 0 Å². The predicted molar refractivity (Wildman–Crippen MR) is 84.0 cm³/mol. The van der Waals surface area contributed by atoms with Gasteiger partial charge in [-0.15, -0.1) is 0 Å². The van der Waals surface area contributed by atoms with E-state index in [0.717, 1.165) is 6.54 Å². The average Bonchev–Trinajstić information content (AvgIpc) is 2.48. The van der Waals surface area contributed by atoms with Crippen molar-refractivity contribution in [3.63, 3.8) is 0 Å². The molecule has 0 radical (unpaired) electrons. The summed E-state index contributed by atoms with van der Waals surface area (Å²) in [7, 11) is 0. The van der Waals surface area contributed by atoms with Gasteiger partial charge in [0.25, 0.3) is 0 Å². The molecule has 102 valence electrons. The lowest BCUT2D eigenvalue weighted by atomic mass is 9.94. The molecule has 1 fully saturated rings. The van der Waals surface area contributed by atoms with Crippen LogP contribution in [0.25, 0.3) is 5.57 Å². The average molecular weight is 255 g/mol. The van der Waals surface area contributed by atoms with Gasteiger partial charge in [0.05, 0.1) is 0 Å². The van der Waals surface area contributed by atoms with E-state index in [1.807, 2.05) is 6.08 Å². The Morgan fingerprint density at radius 2 is 2.00 bits per heavy atom. The SMILES string of the molecule is C=C/C(=C\C)c1ccccc1CNC1CCCCC1. The van der Waals surface area contributed by atoms with Crippen molar-refractivity contribution in [2.75, 3.05) is 0 Å². The van der Waals surface area contributed by atoms with Crippen molar-refractivity contribution < 1.29 is 0 Å². The van der Waals surface area contributed by atoms with Crippen LogP contribution < -0.4 is 5.32 Å². The van der Waals surface area contributed by atoms with Crippen molar-refractivity contribution in [3.05, 3.63) is 54.1 Å². The molecule has 1 aromatic rings. The molecular weight excluding hydrogens is 230 g/mol. The molecule has 19 heavy (non-hydrogen) atoms. The Kier molecular flexibility index (Phi) is 5.41. The first-order valence-electron chi connectivity index (χ1n) is 7.45. The van der Waals surface area contributed by atoms with Gasteiger partial charge in [-0.3, -0.25) is 0 Å². The van der Waals surface area contributed by atoms with Gasteiger partial charge in [-0.05, 0) is 36.5 Å². The molecule has 0 aromatic heterocycles. The molecular formula is C18H25N. The first-order chi connectivity index (χ1) is 9.35. The maximum atomic E-state index is 3.91. The molecule has 1 saturated carbocycles. The summed E-state index contributed by atoms with van der Waals surface area (Å²) in [5.74, 6) is 0. The highest BCUT2D eigenvalue weighted by molar-refractivity contribution is 5.75. The quantitative estimate of drug-likeness (QED) is 0.752. The first kappa shape index (κ1) is 14.1. The Balaban J connectivity index is 2.05. The predicted octanol–water partition coefficient (Wildman–Crippen LogP) is 4.70. The fourth-order valence-electron chi connectivity index (χ4n) is 2.90. The molecule has 0 amide bonds. The number of rotatable bonds is 5. The van der Waals surface area contributed by atoms with E-state index < -0.39 is 0 Å². The van der Waals surface area contributed by atoms with Crippen LogP contribution in [0.2, 0.25) is 0 Å². The summed E-state index contributed by atoms with van der Waals surface area (Å²) < 4.78 is 0. The van der Waals surface area contributed by atoms with Crippen molar-refractivity contribution in [1.29, 1.82) is 0 Å². The first-order valence-corrected chi connectivity index (χ1v) is 7.45. The summed E-state index contributed by atoms with van der Waals surface area (Å²) >= 11 is 0. The van der Waals surface area contributed by atoms with Crippen molar-refractivity contribution in [1.82, 2.24) is 5.32 Å². The molecule has 1 aliphatic rings.